The third-order valence-corrected chi connectivity index (χ3v) is 2.73. The fraction of sp³-hybridized carbons (Fsp3) is 0.0667. The van der Waals surface area contributed by atoms with Crippen molar-refractivity contribution in [3.63, 3.8) is 0 Å². The molecule has 17 heavy (non-hydrogen) atoms. The molecule has 0 saturated carbocycles. The molecule has 1 N–H and O–H groups in total. The molecule has 2 rings (SSSR count). The fourth-order valence-corrected chi connectivity index (χ4v) is 1.66. The van der Waals surface area contributed by atoms with Crippen LogP contribution in [0.2, 0.25) is 5.02 Å². The van der Waals surface area contributed by atoms with Gasteiger partial charge < -0.3 is 5.11 Å². The second kappa shape index (κ2) is 5.67. The van der Waals surface area contributed by atoms with Gasteiger partial charge in [-0.2, -0.15) is 0 Å². The lowest BCUT2D eigenvalue weighted by molar-refractivity contribution is 0.229. The molecule has 1 nitrogen and oxygen atoms in total. The average Bonchev–Trinajstić information content (AvgIpc) is 2.39. The Morgan fingerprint density at radius 2 is 1.59 bits per heavy atom. The second-order valence-corrected chi connectivity index (χ2v) is 4.20. The SMILES string of the molecule is O[C@H](/C=C/c1ccc(Cl)cc1)c1ccccc1. The summed E-state index contributed by atoms with van der Waals surface area (Å²) in [6.45, 7) is 0. The minimum atomic E-state index is -0.577. The van der Waals surface area contributed by atoms with Gasteiger partial charge in [0, 0.05) is 5.02 Å². The van der Waals surface area contributed by atoms with E-state index in [0.29, 0.717) is 5.02 Å². The molecule has 2 aromatic rings. The van der Waals surface area contributed by atoms with Gasteiger partial charge in [-0.15, -0.1) is 0 Å². The Balaban J connectivity index is 2.08. The Hall–Kier alpha value is -1.57. The van der Waals surface area contributed by atoms with Crippen LogP contribution in [0.4, 0.5) is 0 Å². The van der Waals surface area contributed by atoms with Crippen LogP contribution >= 0.6 is 11.6 Å². The van der Waals surface area contributed by atoms with Crippen LogP contribution in [0.15, 0.2) is 60.7 Å². The molecule has 0 amide bonds. The molecule has 0 aliphatic heterocycles. The summed E-state index contributed by atoms with van der Waals surface area (Å²) >= 11 is 5.80. The first-order chi connectivity index (χ1) is 8.25. The van der Waals surface area contributed by atoms with Crippen molar-refractivity contribution in [1.29, 1.82) is 0 Å². The first-order valence-electron chi connectivity index (χ1n) is 5.42. The van der Waals surface area contributed by atoms with E-state index in [1.807, 2.05) is 60.7 Å². The maximum atomic E-state index is 9.92. The molecule has 2 aromatic carbocycles. The lowest BCUT2D eigenvalue weighted by Gasteiger charge is -2.04. The van der Waals surface area contributed by atoms with Gasteiger partial charge in [-0.3, -0.25) is 0 Å². The third kappa shape index (κ3) is 3.45. The monoisotopic (exact) mass is 244 g/mol. The van der Waals surface area contributed by atoms with Crippen LogP contribution in [0.5, 0.6) is 0 Å². The van der Waals surface area contributed by atoms with E-state index < -0.39 is 6.10 Å². The van der Waals surface area contributed by atoms with E-state index in [4.69, 9.17) is 11.6 Å². The Labute approximate surface area is 106 Å². The average molecular weight is 245 g/mol. The molecular weight excluding hydrogens is 232 g/mol. The standard InChI is InChI=1S/C15H13ClO/c16-14-9-6-12(7-10-14)8-11-15(17)13-4-2-1-3-5-13/h1-11,15,17H/b11-8+/t15-/m1/s1. The number of aliphatic hydroxyl groups is 1. The van der Waals surface area contributed by atoms with E-state index in [9.17, 15) is 5.11 Å². The number of benzene rings is 2. The minimum Gasteiger partial charge on any atom is -0.384 e. The van der Waals surface area contributed by atoms with Gasteiger partial charge in [0.2, 0.25) is 0 Å². The van der Waals surface area contributed by atoms with Gasteiger partial charge in [0.1, 0.15) is 0 Å². The van der Waals surface area contributed by atoms with E-state index in [1.54, 1.807) is 6.08 Å². The molecular formula is C15H13ClO. The molecule has 1 atom stereocenters. The van der Waals surface area contributed by atoms with E-state index >= 15 is 0 Å². The number of rotatable bonds is 3. The highest BCUT2D eigenvalue weighted by atomic mass is 35.5. The second-order valence-electron chi connectivity index (χ2n) is 3.77. The van der Waals surface area contributed by atoms with E-state index in [1.165, 1.54) is 0 Å². The van der Waals surface area contributed by atoms with Gasteiger partial charge in [-0.25, -0.2) is 0 Å². The highest BCUT2D eigenvalue weighted by molar-refractivity contribution is 6.30. The van der Waals surface area contributed by atoms with Crippen molar-refractivity contribution in [3.05, 3.63) is 76.8 Å². The van der Waals surface area contributed by atoms with Crippen LogP contribution in [0.3, 0.4) is 0 Å². The largest absolute Gasteiger partial charge is 0.384 e. The zero-order valence-electron chi connectivity index (χ0n) is 9.25. The highest BCUT2D eigenvalue weighted by Crippen LogP contribution is 2.16. The molecule has 0 saturated heterocycles. The van der Waals surface area contributed by atoms with Gasteiger partial charge in [0.15, 0.2) is 0 Å². The molecule has 86 valence electrons. The molecule has 0 aliphatic rings. The Morgan fingerprint density at radius 3 is 2.24 bits per heavy atom. The summed E-state index contributed by atoms with van der Waals surface area (Å²) in [7, 11) is 0. The fourth-order valence-electron chi connectivity index (χ4n) is 1.54. The lowest BCUT2D eigenvalue weighted by atomic mass is 10.1. The van der Waals surface area contributed by atoms with Crippen molar-refractivity contribution in [2.24, 2.45) is 0 Å². The van der Waals surface area contributed by atoms with Crippen LogP contribution in [0.25, 0.3) is 6.08 Å². The van der Waals surface area contributed by atoms with Crippen molar-refractivity contribution in [2.75, 3.05) is 0 Å². The predicted octanol–water partition coefficient (Wildman–Crippen LogP) is 4.09. The first kappa shape index (κ1) is 11.9. The molecule has 0 unspecified atom stereocenters. The summed E-state index contributed by atoms with van der Waals surface area (Å²) < 4.78 is 0. The molecule has 0 fully saturated rings. The van der Waals surface area contributed by atoms with Gasteiger partial charge in [-0.05, 0) is 23.3 Å². The highest BCUT2D eigenvalue weighted by Gasteiger charge is 2.00. The van der Waals surface area contributed by atoms with Crippen LogP contribution < -0.4 is 0 Å². The van der Waals surface area contributed by atoms with Crippen molar-refractivity contribution in [3.8, 4) is 0 Å². The van der Waals surface area contributed by atoms with Crippen molar-refractivity contribution < 1.29 is 5.11 Å². The predicted molar refractivity (Wildman–Crippen MR) is 71.9 cm³/mol. The van der Waals surface area contributed by atoms with Gasteiger partial charge in [0.05, 0.1) is 6.10 Å². The molecule has 0 aliphatic carbocycles. The van der Waals surface area contributed by atoms with Gasteiger partial charge in [-0.1, -0.05) is 66.2 Å². The Bertz CT molecular complexity index is 488. The van der Waals surface area contributed by atoms with Crippen LogP contribution in [-0.2, 0) is 0 Å². The maximum absolute atomic E-state index is 9.92. The molecule has 2 heteroatoms. The number of aliphatic hydroxyl groups excluding tert-OH is 1. The first-order valence-corrected chi connectivity index (χ1v) is 5.80. The summed E-state index contributed by atoms with van der Waals surface area (Å²) in [5.41, 5.74) is 1.90. The maximum Gasteiger partial charge on any atom is 0.0975 e. The molecule has 0 radical (unpaired) electrons. The van der Waals surface area contributed by atoms with Gasteiger partial charge in [0.25, 0.3) is 0 Å². The summed E-state index contributed by atoms with van der Waals surface area (Å²) in [4.78, 5) is 0. The van der Waals surface area contributed by atoms with E-state index in [-0.39, 0.29) is 0 Å². The van der Waals surface area contributed by atoms with Crippen LogP contribution in [0.1, 0.15) is 17.2 Å². The lowest BCUT2D eigenvalue weighted by Crippen LogP contribution is -1.91. The molecule has 0 bridgehead atoms. The van der Waals surface area contributed by atoms with Crippen molar-refractivity contribution >= 4 is 17.7 Å². The van der Waals surface area contributed by atoms with Gasteiger partial charge >= 0.3 is 0 Å². The minimum absolute atomic E-state index is 0.577. The topological polar surface area (TPSA) is 20.2 Å². The zero-order valence-corrected chi connectivity index (χ0v) is 10.0. The molecule has 0 heterocycles. The van der Waals surface area contributed by atoms with Crippen molar-refractivity contribution in [1.82, 2.24) is 0 Å². The molecule has 0 spiro atoms. The summed E-state index contributed by atoms with van der Waals surface area (Å²) in [5.74, 6) is 0. The van der Waals surface area contributed by atoms with Crippen LogP contribution in [-0.4, -0.2) is 5.11 Å². The quantitative estimate of drug-likeness (QED) is 0.862. The smallest absolute Gasteiger partial charge is 0.0975 e. The summed E-state index contributed by atoms with van der Waals surface area (Å²) in [5, 5.41) is 10.6. The Kier molecular flexibility index (Phi) is 3.97. The number of halogens is 1. The summed E-state index contributed by atoms with van der Waals surface area (Å²) in [6, 6.07) is 17.0. The van der Waals surface area contributed by atoms with E-state index in [2.05, 4.69) is 0 Å². The van der Waals surface area contributed by atoms with E-state index in [0.717, 1.165) is 11.1 Å². The Morgan fingerprint density at radius 1 is 0.941 bits per heavy atom. The van der Waals surface area contributed by atoms with Crippen molar-refractivity contribution in [2.45, 2.75) is 6.10 Å². The normalized spacial score (nSPS) is 12.8. The third-order valence-electron chi connectivity index (χ3n) is 2.48. The number of hydrogen-bond acceptors (Lipinski definition) is 1. The zero-order chi connectivity index (χ0) is 12.1. The number of hydrogen-bond donors (Lipinski definition) is 1. The van der Waals surface area contributed by atoms with Crippen LogP contribution in [0, 0.1) is 0 Å². The molecule has 0 aromatic heterocycles. The summed E-state index contributed by atoms with van der Waals surface area (Å²) in [6.07, 6.45) is 3.07.